The van der Waals surface area contributed by atoms with Gasteiger partial charge in [0.05, 0.1) is 18.1 Å². The molecule has 2 heterocycles. The van der Waals surface area contributed by atoms with Crippen molar-refractivity contribution in [1.29, 1.82) is 0 Å². The van der Waals surface area contributed by atoms with Crippen LogP contribution in [0.25, 0.3) is 28.3 Å². The molecule has 0 bridgehead atoms. The molecule has 6 heteroatoms. The van der Waals surface area contributed by atoms with Crippen LogP contribution in [0.5, 0.6) is 0 Å². The third kappa shape index (κ3) is 4.50. The molecule has 30 heavy (non-hydrogen) atoms. The van der Waals surface area contributed by atoms with Crippen molar-refractivity contribution in [2.75, 3.05) is 13.2 Å². The smallest absolute Gasteiger partial charge is 0.152 e. The van der Waals surface area contributed by atoms with Gasteiger partial charge in [0.1, 0.15) is 11.5 Å². The molecule has 0 spiro atoms. The number of hydrogen-bond donors (Lipinski definition) is 2. The molecule has 2 aromatic heterocycles. The first kappa shape index (κ1) is 20.1. The number of furan rings is 1. The Balaban J connectivity index is 1.59. The summed E-state index contributed by atoms with van der Waals surface area (Å²) in [5.74, 6) is 0.509. The van der Waals surface area contributed by atoms with Crippen LogP contribution < -0.4 is 5.32 Å². The lowest BCUT2D eigenvalue weighted by Gasteiger charge is -2.10. The molecular weight excluding hydrogens is 381 g/mol. The molecule has 0 atom stereocenters. The van der Waals surface area contributed by atoms with Crippen LogP contribution in [-0.4, -0.2) is 28.0 Å². The fourth-order valence-electron chi connectivity index (χ4n) is 3.41. The van der Waals surface area contributed by atoms with Gasteiger partial charge in [0.25, 0.3) is 0 Å². The number of nitrogens with zero attached hydrogens (tertiary/aromatic N) is 2. The van der Waals surface area contributed by atoms with Gasteiger partial charge in [-0.2, -0.15) is 5.10 Å². The summed E-state index contributed by atoms with van der Waals surface area (Å²) in [6, 6.07) is 18.3. The highest BCUT2D eigenvalue weighted by Crippen LogP contribution is 2.28. The van der Waals surface area contributed by atoms with E-state index < -0.39 is 0 Å². The lowest BCUT2D eigenvalue weighted by Crippen LogP contribution is -2.15. The lowest BCUT2D eigenvalue weighted by atomic mass is 10.1. The van der Waals surface area contributed by atoms with Crippen LogP contribution in [0.1, 0.15) is 18.4 Å². The van der Waals surface area contributed by atoms with E-state index in [0.29, 0.717) is 6.54 Å². The van der Waals surface area contributed by atoms with E-state index in [4.69, 9.17) is 9.52 Å². The fraction of sp³-hybridized carbons (Fsp3) is 0.208. The van der Waals surface area contributed by atoms with E-state index in [1.807, 2.05) is 47.3 Å². The van der Waals surface area contributed by atoms with Crippen molar-refractivity contribution in [3.8, 4) is 28.3 Å². The average Bonchev–Trinajstić information content (AvgIpc) is 3.44. The molecule has 0 aliphatic rings. The average molecular weight is 405 g/mol. The van der Waals surface area contributed by atoms with Crippen LogP contribution in [0, 0.1) is 5.82 Å². The molecule has 0 fully saturated rings. The van der Waals surface area contributed by atoms with Gasteiger partial charge >= 0.3 is 0 Å². The Bertz CT molecular complexity index is 1060. The van der Waals surface area contributed by atoms with Gasteiger partial charge in [-0.15, -0.1) is 0 Å². The summed E-state index contributed by atoms with van der Waals surface area (Å²) in [6.45, 7) is 1.70. The Kier molecular flexibility index (Phi) is 6.37. The normalized spacial score (nSPS) is 11.1. The van der Waals surface area contributed by atoms with Gasteiger partial charge in [-0.25, -0.2) is 9.07 Å². The highest BCUT2D eigenvalue weighted by Gasteiger charge is 2.16. The van der Waals surface area contributed by atoms with E-state index in [0.717, 1.165) is 53.2 Å². The maximum Gasteiger partial charge on any atom is 0.152 e. The highest BCUT2D eigenvalue weighted by atomic mass is 19.1. The summed E-state index contributed by atoms with van der Waals surface area (Å²) in [6.07, 6.45) is 5.22. The van der Waals surface area contributed by atoms with Gasteiger partial charge in [-0.05, 0) is 66.9 Å². The first-order chi connectivity index (χ1) is 14.8. The molecule has 0 unspecified atom stereocenters. The van der Waals surface area contributed by atoms with Crippen molar-refractivity contribution in [1.82, 2.24) is 15.1 Å². The Labute approximate surface area is 174 Å². The number of benzene rings is 2. The number of rotatable bonds is 9. The Morgan fingerprint density at radius 2 is 1.70 bits per heavy atom. The summed E-state index contributed by atoms with van der Waals surface area (Å²) in [7, 11) is 0. The molecule has 0 aliphatic heterocycles. The van der Waals surface area contributed by atoms with Gasteiger partial charge in [0.2, 0.25) is 0 Å². The highest BCUT2D eigenvalue weighted by molar-refractivity contribution is 5.66. The summed E-state index contributed by atoms with van der Waals surface area (Å²) in [4.78, 5) is 0. The number of aliphatic hydroxyl groups excluding tert-OH is 1. The van der Waals surface area contributed by atoms with Gasteiger partial charge in [-0.3, -0.25) is 0 Å². The standard InChI is InChI=1S/C24H24FN3O2/c25-21-9-5-18(6-10-21)19-7-11-22(12-8-19)28-24(23-4-3-15-30-23)20(17-27-28)16-26-13-1-2-14-29/h3-12,15,17,26,29H,1-2,13-14,16H2. The van der Waals surface area contributed by atoms with E-state index in [9.17, 15) is 4.39 Å². The second-order valence-corrected chi connectivity index (χ2v) is 7.07. The minimum Gasteiger partial charge on any atom is -0.463 e. The SMILES string of the molecule is OCCCCNCc1cnn(-c2ccc(-c3ccc(F)cc3)cc2)c1-c1ccco1. The third-order valence-electron chi connectivity index (χ3n) is 4.97. The zero-order valence-corrected chi connectivity index (χ0v) is 16.6. The summed E-state index contributed by atoms with van der Waals surface area (Å²) < 4.78 is 20.7. The Hall–Kier alpha value is -3.22. The van der Waals surface area contributed by atoms with Crippen LogP contribution in [-0.2, 0) is 6.54 Å². The Morgan fingerprint density at radius 3 is 2.37 bits per heavy atom. The van der Waals surface area contributed by atoms with Crippen molar-refractivity contribution in [3.63, 3.8) is 0 Å². The van der Waals surface area contributed by atoms with Gasteiger partial charge in [-0.1, -0.05) is 24.3 Å². The molecule has 0 aliphatic carbocycles. The van der Waals surface area contributed by atoms with Crippen molar-refractivity contribution in [2.24, 2.45) is 0 Å². The summed E-state index contributed by atoms with van der Waals surface area (Å²) in [5, 5.41) is 16.9. The second kappa shape index (κ2) is 9.52. The summed E-state index contributed by atoms with van der Waals surface area (Å²) in [5.41, 5.74) is 4.83. The van der Waals surface area contributed by atoms with Crippen molar-refractivity contribution >= 4 is 0 Å². The number of halogens is 1. The van der Waals surface area contributed by atoms with Crippen molar-refractivity contribution in [3.05, 3.63) is 84.5 Å². The maximum absolute atomic E-state index is 13.2. The van der Waals surface area contributed by atoms with Crippen LogP contribution in [0.15, 0.2) is 77.5 Å². The Morgan fingerprint density at radius 1 is 0.967 bits per heavy atom. The molecular formula is C24H24FN3O2. The second-order valence-electron chi connectivity index (χ2n) is 7.07. The van der Waals surface area contributed by atoms with E-state index in [-0.39, 0.29) is 12.4 Å². The van der Waals surface area contributed by atoms with Crippen LogP contribution in [0.4, 0.5) is 4.39 Å². The van der Waals surface area contributed by atoms with E-state index >= 15 is 0 Å². The predicted molar refractivity (Wildman–Crippen MR) is 115 cm³/mol. The number of aromatic nitrogens is 2. The minimum atomic E-state index is -0.243. The van der Waals surface area contributed by atoms with Gasteiger partial charge < -0.3 is 14.8 Å². The molecule has 154 valence electrons. The van der Waals surface area contributed by atoms with Gasteiger partial charge in [0.15, 0.2) is 5.76 Å². The fourth-order valence-corrected chi connectivity index (χ4v) is 3.41. The number of nitrogens with one attached hydrogen (secondary N) is 1. The number of unbranched alkanes of at least 4 members (excludes halogenated alkanes) is 1. The molecule has 0 saturated heterocycles. The molecule has 4 rings (SSSR count). The molecule has 2 N–H and O–H groups in total. The molecule has 5 nitrogen and oxygen atoms in total. The summed E-state index contributed by atoms with van der Waals surface area (Å²) >= 11 is 0. The maximum atomic E-state index is 13.2. The number of hydrogen-bond acceptors (Lipinski definition) is 4. The molecule has 2 aromatic carbocycles. The zero-order chi connectivity index (χ0) is 20.8. The molecule has 0 radical (unpaired) electrons. The van der Waals surface area contributed by atoms with Crippen molar-refractivity contribution in [2.45, 2.75) is 19.4 Å². The van der Waals surface area contributed by atoms with Gasteiger partial charge in [0, 0.05) is 18.7 Å². The minimum absolute atomic E-state index is 0.213. The third-order valence-corrected chi connectivity index (χ3v) is 4.97. The first-order valence-electron chi connectivity index (χ1n) is 10.0. The molecule has 0 amide bonds. The van der Waals surface area contributed by atoms with Crippen LogP contribution in [0.2, 0.25) is 0 Å². The molecule has 0 saturated carbocycles. The van der Waals surface area contributed by atoms with Crippen LogP contribution >= 0.6 is 0 Å². The monoisotopic (exact) mass is 405 g/mol. The van der Waals surface area contributed by atoms with Crippen molar-refractivity contribution < 1.29 is 13.9 Å². The predicted octanol–water partition coefficient (Wildman–Crippen LogP) is 4.80. The quantitative estimate of drug-likeness (QED) is 0.393. The first-order valence-corrected chi connectivity index (χ1v) is 10.0. The zero-order valence-electron chi connectivity index (χ0n) is 16.6. The van der Waals surface area contributed by atoms with E-state index in [1.54, 1.807) is 18.4 Å². The number of aliphatic hydroxyl groups is 1. The van der Waals surface area contributed by atoms with Crippen LogP contribution in [0.3, 0.4) is 0 Å². The lowest BCUT2D eigenvalue weighted by molar-refractivity contribution is 0.283. The van der Waals surface area contributed by atoms with E-state index in [2.05, 4.69) is 10.4 Å². The van der Waals surface area contributed by atoms with E-state index in [1.165, 1.54) is 12.1 Å². The largest absolute Gasteiger partial charge is 0.463 e. The topological polar surface area (TPSA) is 63.2 Å². The molecule has 4 aromatic rings.